The zero-order valence-corrected chi connectivity index (χ0v) is 17.0. The van der Waals surface area contributed by atoms with Crippen LogP contribution in [-0.2, 0) is 0 Å². The number of hydrogen-bond acceptors (Lipinski definition) is 5. The molecule has 0 saturated heterocycles. The van der Waals surface area contributed by atoms with Crippen molar-refractivity contribution >= 4 is 28.7 Å². The Hall–Kier alpha value is -3.54. The van der Waals surface area contributed by atoms with Crippen LogP contribution in [0.5, 0.6) is 5.75 Å². The minimum absolute atomic E-state index is 0.279. The van der Waals surface area contributed by atoms with Gasteiger partial charge >= 0.3 is 0 Å². The summed E-state index contributed by atoms with van der Waals surface area (Å²) in [7, 11) is 1.59. The largest absolute Gasteiger partial charge is 0.497 e. The number of pyridine rings is 1. The summed E-state index contributed by atoms with van der Waals surface area (Å²) in [5, 5.41) is 6.17. The fourth-order valence-electron chi connectivity index (χ4n) is 3.04. The Balaban J connectivity index is 1.69. The van der Waals surface area contributed by atoms with Crippen molar-refractivity contribution in [1.82, 2.24) is 4.98 Å². The smallest absolute Gasteiger partial charge is 0.274 e. The highest BCUT2D eigenvalue weighted by Gasteiger charge is 2.09. The molecule has 0 aliphatic carbocycles. The molecule has 29 heavy (non-hydrogen) atoms. The summed E-state index contributed by atoms with van der Waals surface area (Å²) < 4.78 is 5.19. The maximum Gasteiger partial charge on any atom is 0.274 e. The molecule has 1 heterocycles. The maximum atomic E-state index is 12.6. The molecule has 0 aliphatic rings. The number of aromatic nitrogens is 1. The van der Waals surface area contributed by atoms with Gasteiger partial charge in [-0.3, -0.25) is 9.78 Å². The molecular weight excluding hydrogens is 364 g/mol. The van der Waals surface area contributed by atoms with Gasteiger partial charge in [-0.15, -0.1) is 0 Å². The number of carbonyl (C=O) groups is 1. The van der Waals surface area contributed by atoms with Gasteiger partial charge in [-0.05, 0) is 62.4 Å². The second-order valence-corrected chi connectivity index (χ2v) is 6.46. The Morgan fingerprint density at radius 2 is 1.72 bits per heavy atom. The van der Waals surface area contributed by atoms with Crippen LogP contribution in [0.2, 0.25) is 0 Å². The number of methoxy groups -OCH3 is 1. The van der Waals surface area contributed by atoms with E-state index >= 15 is 0 Å². The van der Waals surface area contributed by atoms with Crippen molar-refractivity contribution in [3.05, 3.63) is 72.6 Å². The summed E-state index contributed by atoms with van der Waals surface area (Å²) >= 11 is 0. The molecule has 0 aliphatic heterocycles. The van der Waals surface area contributed by atoms with E-state index in [1.165, 1.54) is 5.69 Å². The standard InChI is InChI=1S/C23H26N4O2/c1-4-27(5-2)20-11-9-17(10-12-20)25-19-13-14-24-22(16-19)23(28)26-18-7-6-8-21(15-18)29-3/h6-16H,4-5H2,1-3H3,(H,24,25)(H,26,28). The average molecular weight is 390 g/mol. The zero-order chi connectivity index (χ0) is 20.6. The van der Waals surface area contributed by atoms with E-state index in [0.29, 0.717) is 17.1 Å². The number of carbonyl (C=O) groups excluding carboxylic acids is 1. The van der Waals surface area contributed by atoms with Crippen LogP contribution in [0.4, 0.5) is 22.7 Å². The monoisotopic (exact) mass is 390 g/mol. The second kappa shape index (κ2) is 9.59. The maximum absolute atomic E-state index is 12.6. The molecule has 0 fully saturated rings. The van der Waals surface area contributed by atoms with Crippen LogP contribution >= 0.6 is 0 Å². The van der Waals surface area contributed by atoms with Crippen molar-refractivity contribution in [3.63, 3.8) is 0 Å². The van der Waals surface area contributed by atoms with E-state index in [1.54, 1.807) is 31.5 Å². The molecule has 0 radical (unpaired) electrons. The Bertz CT molecular complexity index is 953. The average Bonchev–Trinajstić information content (AvgIpc) is 2.76. The number of anilines is 4. The summed E-state index contributed by atoms with van der Waals surface area (Å²) in [5.41, 5.74) is 3.92. The third kappa shape index (κ3) is 5.25. The van der Waals surface area contributed by atoms with E-state index in [-0.39, 0.29) is 5.91 Å². The van der Waals surface area contributed by atoms with Crippen molar-refractivity contribution in [1.29, 1.82) is 0 Å². The predicted molar refractivity (Wildman–Crippen MR) is 118 cm³/mol. The van der Waals surface area contributed by atoms with Gasteiger partial charge in [0.15, 0.2) is 0 Å². The summed E-state index contributed by atoms with van der Waals surface area (Å²) in [5.74, 6) is 0.401. The number of benzene rings is 2. The lowest BCUT2D eigenvalue weighted by molar-refractivity contribution is 0.102. The summed E-state index contributed by atoms with van der Waals surface area (Å²) in [4.78, 5) is 19.0. The van der Waals surface area contributed by atoms with E-state index in [4.69, 9.17) is 4.74 Å². The number of nitrogens with zero attached hydrogens (tertiary/aromatic N) is 2. The molecule has 0 unspecified atom stereocenters. The third-order valence-corrected chi connectivity index (χ3v) is 4.60. The van der Waals surface area contributed by atoms with Gasteiger partial charge in [0.25, 0.3) is 5.91 Å². The van der Waals surface area contributed by atoms with Gasteiger partial charge in [0, 0.05) is 48.1 Å². The summed E-state index contributed by atoms with van der Waals surface area (Å²) in [6.07, 6.45) is 1.62. The van der Waals surface area contributed by atoms with Gasteiger partial charge in [0.05, 0.1) is 7.11 Å². The first-order valence-corrected chi connectivity index (χ1v) is 9.66. The van der Waals surface area contributed by atoms with Crippen molar-refractivity contribution in [2.45, 2.75) is 13.8 Å². The molecule has 0 saturated carbocycles. The van der Waals surface area contributed by atoms with Gasteiger partial charge in [0.1, 0.15) is 11.4 Å². The van der Waals surface area contributed by atoms with E-state index in [1.807, 2.05) is 30.3 Å². The van der Waals surface area contributed by atoms with Crippen LogP contribution in [0.25, 0.3) is 0 Å². The molecule has 1 amide bonds. The quantitative estimate of drug-likeness (QED) is 0.571. The Morgan fingerprint density at radius 1 is 0.966 bits per heavy atom. The fraction of sp³-hybridized carbons (Fsp3) is 0.217. The molecule has 3 aromatic rings. The number of hydrogen-bond donors (Lipinski definition) is 2. The van der Waals surface area contributed by atoms with E-state index in [9.17, 15) is 4.79 Å². The summed E-state index contributed by atoms with van der Waals surface area (Å²) in [6, 6.07) is 19.0. The number of ether oxygens (including phenoxy) is 1. The highest BCUT2D eigenvalue weighted by Crippen LogP contribution is 2.22. The van der Waals surface area contributed by atoms with Gasteiger partial charge in [0.2, 0.25) is 0 Å². The highest BCUT2D eigenvalue weighted by molar-refractivity contribution is 6.03. The summed E-state index contributed by atoms with van der Waals surface area (Å²) in [6.45, 7) is 6.23. The SMILES string of the molecule is CCN(CC)c1ccc(Nc2ccnc(C(=O)Nc3cccc(OC)c3)c2)cc1. The molecule has 1 aromatic heterocycles. The minimum atomic E-state index is -0.279. The molecular formula is C23H26N4O2. The number of rotatable bonds is 8. The first kappa shape index (κ1) is 20.2. The lowest BCUT2D eigenvalue weighted by Crippen LogP contribution is -2.21. The van der Waals surface area contributed by atoms with E-state index < -0.39 is 0 Å². The third-order valence-electron chi connectivity index (χ3n) is 4.60. The normalized spacial score (nSPS) is 10.3. The second-order valence-electron chi connectivity index (χ2n) is 6.46. The molecule has 3 rings (SSSR count). The van der Waals surface area contributed by atoms with Crippen LogP contribution in [0.1, 0.15) is 24.3 Å². The first-order chi connectivity index (χ1) is 14.1. The first-order valence-electron chi connectivity index (χ1n) is 9.66. The molecule has 150 valence electrons. The molecule has 2 N–H and O–H groups in total. The number of nitrogens with one attached hydrogen (secondary N) is 2. The molecule has 0 bridgehead atoms. The fourth-order valence-corrected chi connectivity index (χ4v) is 3.04. The zero-order valence-electron chi connectivity index (χ0n) is 17.0. The van der Waals surface area contributed by atoms with E-state index in [0.717, 1.165) is 24.5 Å². The van der Waals surface area contributed by atoms with Crippen LogP contribution in [-0.4, -0.2) is 31.1 Å². The lowest BCUT2D eigenvalue weighted by atomic mass is 10.2. The Labute approximate surface area is 171 Å². The predicted octanol–water partition coefficient (Wildman–Crippen LogP) is 4.93. The molecule has 6 heteroatoms. The van der Waals surface area contributed by atoms with Crippen molar-refractivity contribution < 1.29 is 9.53 Å². The van der Waals surface area contributed by atoms with E-state index in [2.05, 4.69) is 46.5 Å². The van der Waals surface area contributed by atoms with Gasteiger partial charge in [-0.25, -0.2) is 0 Å². The molecule has 0 spiro atoms. The number of amides is 1. The van der Waals surface area contributed by atoms with Crippen LogP contribution in [0.15, 0.2) is 66.9 Å². The lowest BCUT2D eigenvalue weighted by Gasteiger charge is -2.21. The topological polar surface area (TPSA) is 66.5 Å². The molecule has 2 aromatic carbocycles. The van der Waals surface area contributed by atoms with Gasteiger partial charge in [-0.2, -0.15) is 0 Å². The molecule has 6 nitrogen and oxygen atoms in total. The van der Waals surface area contributed by atoms with Crippen molar-refractivity contribution in [2.75, 3.05) is 35.7 Å². The molecule has 0 atom stereocenters. The van der Waals surface area contributed by atoms with Gasteiger partial charge in [-0.1, -0.05) is 6.07 Å². The van der Waals surface area contributed by atoms with Crippen LogP contribution < -0.4 is 20.3 Å². The highest BCUT2D eigenvalue weighted by atomic mass is 16.5. The van der Waals surface area contributed by atoms with Crippen molar-refractivity contribution in [2.24, 2.45) is 0 Å². The van der Waals surface area contributed by atoms with Gasteiger partial charge < -0.3 is 20.3 Å². The Kier molecular flexibility index (Phi) is 6.68. The van der Waals surface area contributed by atoms with Crippen LogP contribution in [0.3, 0.4) is 0 Å². The van der Waals surface area contributed by atoms with Crippen LogP contribution in [0, 0.1) is 0 Å². The Morgan fingerprint density at radius 3 is 2.41 bits per heavy atom. The minimum Gasteiger partial charge on any atom is -0.497 e. The van der Waals surface area contributed by atoms with Crippen molar-refractivity contribution in [3.8, 4) is 5.75 Å².